The van der Waals surface area contributed by atoms with Gasteiger partial charge >= 0.3 is 0 Å². The second-order valence-electron chi connectivity index (χ2n) is 4.57. The highest BCUT2D eigenvalue weighted by atomic mass is 16.3. The van der Waals surface area contributed by atoms with Gasteiger partial charge in [-0.3, -0.25) is 4.79 Å². The molecule has 0 spiro atoms. The highest BCUT2D eigenvalue weighted by Gasteiger charge is 2.16. The quantitative estimate of drug-likeness (QED) is 0.717. The maximum absolute atomic E-state index is 11.5. The first-order chi connectivity index (χ1) is 7.40. The van der Waals surface area contributed by atoms with Crippen molar-refractivity contribution in [3.8, 4) is 0 Å². The minimum absolute atomic E-state index is 0.00403. The smallest absolute Gasteiger partial charge is 0.226 e. The third-order valence-electron chi connectivity index (χ3n) is 2.04. The minimum Gasteiger partial charge on any atom is -0.392 e. The largest absolute Gasteiger partial charge is 0.392 e. The van der Waals surface area contributed by atoms with Crippen LogP contribution in [0.4, 0.5) is 5.69 Å². The molecule has 1 aromatic carbocycles. The summed E-state index contributed by atoms with van der Waals surface area (Å²) in [6.45, 7) is 3.62. The number of carbonyl (C=O) groups excluding carboxylic acids is 1. The van der Waals surface area contributed by atoms with Crippen LogP contribution in [0.2, 0.25) is 0 Å². The fourth-order valence-corrected chi connectivity index (χ4v) is 1.31. The molecular formula is C12H18N2O2. The Bertz CT molecular complexity index is 352. The number of anilines is 1. The van der Waals surface area contributed by atoms with E-state index < -0.39 is 5.54 Å². The fraction of sp³-hybridized carbons (Fsp3) is 0.417. The van der Waals surface area contributed by atoms with E-state index in [1.54, 1.807) is 38.1 Å². The van der Waals surface area contributed by atoms with Crippen LogP contribution < -0.4 is 11.1 Å². The van der Waals surface area contributed by atoms with Crippen LogP contribution in [0.1, 0.15) is 25.8 Å². The standard InChI is InChI=1S/C12H18N2O2/c1-12(2,13)7-11(16)14-10-5-3-9(8-15)4-6-10/h3-6,15H,7-8,13H2,1-2H3,(H,14,16). The fourth-order valence-electron chi connectivity index (χ4n) is 1.31. The van der Waals surface area contributed by atoms with E-state index in [0.29, 0.717) is 5.69 Å². The van der Waals surface area contributed by atoms with Crippen LogP contribution in [0.3, 0.4) is 0 Å². The van der Waals surface area contributed by atoms with Crippen LogP contribution in [0.5, 0.6) is 0 Å². The molecule has 16 heavy (non-hydrogen) atoms. The number of aliphatic hydroxyl groups excluding tert-OH is 1. The molecule has 0 aliphatic heterocycles. The topological polar surface area (TPSA) is 75.4 Å². The van der Waals surface area contributed by atoms with E-state index in [1.807, 2.05) is 0 Å². The summed E-state index contributed by atoms with van der Waals surface area (Å²) in [6.07, 6.45) is 0.273. The molecule has 0 radical (unpaired) electrons. The second-order valence-corrected chi connectivity index (χ2v) is 4.57. The lowest BCUT2D eigenvalue weighted by molar-refractivity contribution is -0.117. The zero-order valence-electron chi connectivity index (χ0n) is 9.66. The lowest BCUT2D eigenvalue weighted by atomic mass is 10.0. The van der Waals surface area contributed by atoms with Gasteiger partial charge in [0.25, 0.3) is 0 Å². The van der Waals surface area contributed by atoms with Gasteiger partial charge in [-0.1, -0.05) is 12.1 Å². The first kappa shape index (κ1) is 12.7. The van der Waals surface area contributed by atoms with Gasteiger partial charge in [-0.2, -0.15) is 0 Å². The zero-order chi connectivity index (χ0) is 12.2. The van der Waals surface area contributed by atoms with Crippen molar-refractivity contribution in [2.24, 2.45) is 5.73 Å². The molecule has 0 aromatic heterocycles. The van der Waals surface area contributed by atoms with Crippen molar-refractivity contribution in [1.29, 1.82) is 0 Å². The molecule has 0 aliphatic rings. The monoisotopic (exact) mass is 222 g/mol. The number of benzene rings is 1. The SMILES string of the molecule is CC(C)(N)CC(=O)Nc1ccc(CO)cc1. The second kappa shape index (κ2) is 5.09. The maximum Gasteiger partial charge on any atom is 0.226 e. The first-order valence-corrected chi connectivity index (χ1v) is 5.19. The molecule has 0 unspecified atom stereocenters. The van der Waals surface area contributed by atoms with Crippen molar-refractivity contribution < 1.29 is 9.90 Å². The van der Waals surface area contributed by atoms with E-state index in [-0.39, 0.29) is 18.9 Å². The molecule has 0 aliphatic carbocycles. The van der Waals surface area contributed by atoms with Gasteiger partial charge in [0, 0.05) is 17.6 Å². The molecule has 1 amide bonds. The van der Waals surface area contributed by atoms with Crippen molar-refractivity contribution in [1.82, 2.24) is 0 Å². The highest BCUT2D eigenvalue weighted by molar-refractivity contribution is 5.91. The minimum atomic E-state index is -0.505. The zero-order valence-corrected chi connectivity index (χ0v) is 9.66. The molecule has 1 rings (SSSR count). The van der Waals surface area contributed by atoms with Gasteiger partial charge in [0.2, 0.25) is 5.91 Å². The van der Waals surface area contributed by atoms with Crippen LogP contribution in [0.15, 0.2) is 24.3 Å². The van der Waals surface area contributed by atoms with E-state index in [9.17, 15) is 4.79 Å². The van der Waals surface area contributed by atoms with E-state index in [0.717, 1.165) is 5.56 Å². The summed E-state index contributed by atoms with van der Waals surface area (Å²) in [6, 6.07) is 7.05. The van der Waals surface area contributed by atoms with Crippen molar-refractivity contribution >= 4 is 11.6 Å². The lowest BCUT2D eigenvalue weighted by Gasteiger charge is -2.17. The van der Waals surface area contributed by atoms with Crippen molar-refractivity contribution in [3.05, 3.63) is 29.8 Å². The van der Waals surface area contributed by atoms with Gasteiger partial charge in [0.15, 0.2) is 0 Å². The van der Waals surface area contributed by atoms with E-state index in [4.69, 9.17) is 10.8 Å². The molecule has 0 atom stereocenters. The molecule has 0 saturated carbocycles. The van der Waals surface area contributed by atoms with E-state index >= 15 is 0 Å². The molecule has 4 heteroatoms. The summed E-state index contributed by atoms with van der Waals surface area (Å²) in [5.41, 5.74) is 6.77. The molecule has 88 valence electrons. The molecular weight excluding hydrogens is 204 g/mol. The Morgan fingerprint density at radius 2 is 1.94 bits per heavy atom. The number of hydrogen-bond donors (Lipinski definition) is 3. The van der Waals surface area contributed by atoms with Gasteiger partial charge < -0.3 is 16.2 Å². The molecule has 1 aromatic rings. The number of nitrogens with two attached hydrogens (primary N) is 1. The number of rotatable bonds is 4. The summed E-state index contributed by atoms with van der Waals surface area (Å²) in [7, 11) is 0. The van der Waals surface area contributed by atoms with Crippen LogP contribution in [0.25, 0.3) is 0 Å². The van der Waals surface area contributed by atoms with Gasteiger partial charge in [0.05, 0.1) is 6.61 Å². The van der Waals surface area contributed by atoms with E-state index in [1.165, 1.54) is 0 Å². The van der Waals surface area contributed by atoms with E-state index in [2.05, 4.69) is 5.32 Å². The van der Waals surface area contributed by atoms with Crippen molar-refractivity contribution in [2.75, 3.05) is 5.32 Å². The number of hydrogen-bond acceptors (Lipinski definition) is 3. The summed E-state index contributed by atoms with van der Waals surface area (Å²) in [5.74, 6) is -0.107. The first-order valence-electron chi connectivity index (χ1n) is 5.19. The number of nitrogens with one attached hydrogen (secondary N) is 1. The normalized spacial score (nSPS) is 11.2. The maximum atomic E-state index is 11.5. The highest BCUT2D eigenvalue weighted by Crippen LogP contribution is 2.11. The molecule has 0 heterocycles. The third kappa shape index (κ3) is 4.42. The van der Waals surface area contributed by atoms with Crippen LogP contribution in [-0.2, 0) is 11.4 Å². The summed E-state index contributed by atoms with van der Waals surface area (Å²) in [4.78, 5) is 11.5. The van der Waals surface area contributed by atoms with Crippen molar-refractivity contribution in [3.63, 3.8) is 0 Å². The molecule has 4 nitrogen and oxygen atoms in total. The van der Waals surface area contributed by atoms with Crippen LogP contribution >= 0.6 is 0 Å². The Balaban J connectivity index is 2.56. The lowest BCUT2D eigenvalue weighted by Crippen LogP contribution is -2.36. The Kier molecular flexibility index (Phi) is 4.04. The van der Waals surface area contributed by atoms with Gasteiger partial charge in [-0.25, -0.2) is 0 Å². The predicted molar refractivity (Wildman–Crippen MR) is 63.9 cm³/mol. The predicted octanol–water partition coefficient (Wildman–Crippen LogP) is 1.24. The third-order valence-corrected chi connectivity index (χ3v) is 2.04. The Labute approximate surface area is 95.5 Å². The molecule has 0 fully saturated rings. The van der Waals surface area contributed by atoms with Gasteiger partial charge in [-0.15, -0.1) is 0 Å². The number of carbonyl (C=O) groups is 1. The summed E-state index contributed by atoms with van der Waals surface area (Å²) >= 11 is 0. The summed E-state index contributed by atoms with van der Waals surface area (Å²) < 4.78 is 0. The molecule has 4 N–H and O–H groups in total. The van der Waals surface area contributed by atoms with Crippen LogP contribution in [-0.4, -0.2) is 16.6 Å². The molecule has 0 bridgehead atoms. The summed E-state index contributed by atoms with van der Waals surface area (Å²) in [5, 5.41) is 11.6. The van der Waals surface area contributed by atoms with Crippen LogP contribution in [0, 0.1) is 0 Å². The average molecular weight is 222 g/mol. The van der Waals surface area contributed by atoms with Gasteiger partial charge in [-0.05, 0) is 31.5 Å². The Morgan fingerprint density at radius 3 is 2.38 bits per heavy atom. The van der Waals surface area contributed by atoms with Gasteiger partial charge in [0.1, 0.15) is 0 Å². The Hall–Kier alpha value is -1.39. The van der Waals surface area contributed by atoms with Crippen molar-refractivity contribution in [2.45, 2.75) is 32.4 Å². The Morgan fingerprint density at radius 1 is 1.38 bits per heavy atom. The number of amides is 1. The molecule has 0 saturated heterocycles. The average Bonchev–Trinajstić information content (AvgIpc) is 2.16. The number of aliphatic hydroxyl groups is 1.